The number of rotatable bonds is 16. The summed E-state index contributed by atoms with van der Waals surface area (Å²) < 4.78 is 63.0. The first-order valence-corrected chi connectivity index (χ1v) is 34.0. The summed E-state index contributed by atoms with van der Waals surface area (Å²) >= 11 is 0.433. The predicted octanol–water partition coefficient (Wildman–Crippen LogP) is 5.48. The number of halogens is 1. The van der Waals surface area contributed by atoms with Crippen LogP contribution in [0.4, 0.5) is 9.18 Å². The summed E-state index contributed by atoms with van der Waals surface area (Å²) in [5.41, 5.74) is -11.0. The number of likely N-dealkylation sites (N-methyl/N-ethyl adjacent to an activating group) is 1. The van der Waals surface area contributed by atoms with Gasteiger partial charge in [0.15, 0.2) is 29.6 Å². The van der Waals surface area contributed by atoms with Gasteiger partial charge in [0.1, 0.15) is 30.0 Å². The second kappa shape index (κ2) is 29.0. The van der Waals surface area contributed by atoms with E-state index in [0.717, 1.165) is 0 Å². The molecule has 0 aromatic rings. The lowest BCUT2D eigenvalue weighted by molar-refractivity contribution is -0.318. The van der Waals surface area contributed by atoms with Crippen molar-refractivity contribution in [2.45, 2.75) is 262 Å². The fourth-order valence-electron chi connectivity index (χ4n) is 17.3. The first kappa shape index (κ1) is 75.3. The summed E-state index contributed by atoms with van der Waals surface area (Å²) in [7, 11) is 8.21. The second-order valence-corrected chi connectivity index (χ2v) is 30.7. The van der Waals surface area contributed by atoms with Crippen molar-refractivity contribution in [1.82, 2.24) is 20.0 Å². The number of cyclic esters (lactones) is 1. The molecule has 0 spiro atoms. The van der Waals surface area contributed by atoms with Gasteiger partial charge in [-0.1, -0.05) is 46.3 Å². The molecule has 3 heterocycles. The number of nitrogens with one attached hydrogen (secondary N) is 1. The molecule has 1 amide bonds. The van der Waals surface area contributed by atoms with Crippen LogP contribution >= 0.6 is 11.8 Å². The Hall–Kier alpha value is -3.05. The number of amides is 1. The van der Waals surface area contributed by atoms with Crippen LogP contribution in [0, 0.1) is 46.3 Å². The van der Waals surface area contributed by atoms with Gasteiger partial charge in [0.2, 0.25) is 5.12 Å². The van der Waals surface area contributed by atoms with Crippen molar-refractivity contribution in [3.05, 3.63) is 23.8 Å². The summed E-state index contributed by atoms with van der Waals surface area (Å²) in [5, 5.41) is 75.1. The van der Waals surface area contributed by atoms with Crippen LogP contribution in [0.1, 0.15) is 154 Å². The average Bonchev–Trinajstić information content (AvgIpc) is 1.62. The molecule has 0 bridgehead atoms. The molecule has 7 rings (SSSR count). The number of alkyl halides is 1. The number of aliphatic hydroxyl groups excluding tert-OH is 4. The number of methoxy groups -OCH3 is 1. The SMILES string of the molecule is CC[C@H]1OC(=O)[C@H](C)[C@@H](OC2C[C@@](C)(OC)[C@@H](O)[C@H](C)O2)[C@@H](C)[C@@H](OC2O[C@H](C)C[C@H](N(C)C)[C@H]2O)[C@](C)(O)C[C@@H](C)CN(CCCNCCC(=O)O[C@]2(C(=O)SC(=O)N(C)C)[C@H](C)CC3C4CCC5=CC(=O)C=C[C@]5(C)[C@@]4(F)[C@@H](O)C[C@@]32C)[C@H](C)[C@@H](O)[C@]1(C)O. The molecule has 6 fully saturated rings. The average molecular weight is 1310 g/mol. The summed E-state index contributed by atoms with van der Waals surface area (Å²) in [5.74, 6) is -6.10. The highest BCUT2D eigenvalue weighted by atomic mass is 32.2. The van der Waals surface area contributed by atoms with Gasteiger partial charge in [-0.25, -0.2) is 4.39 Å². The van der Waals surface area contributed by atoms with Gasteiger partial charge in [-0.2, -0.15) is 0 Å². The van der Waals surface area contributed by atoms with E-state index in [-0.39, 0.29) is 75.5 Å². The lowest BCUT2D eigenvalue weighted by atomic mass is 9.45. The molecule has 3 saturated carbocycles. The Labute approximate surface area is 543 Å². The van der Waals surface area contributed by atoms with Gasteiger partial charge in [0.25, 0.3) is 5.24 Å². The fourth-order valence-corrected chi connectivity index (χ4v) is 18.3. The summed E-state index contributed by atoms with van der Waals surface area (Å²) in [6.45, 7) is 23.6. The van der Waals surface area contributed by atoms with Crippen molar-refractivity contribution >= 4 is 39.8 Å². The van der Waals surface area contributed by atoms with Crippen LogP contribution in [-0.4, -0.2) is 243 Å². The van der Waals surface area contributed by atoms with Crippen molar-refractivity contribution in [3.63, 3.8) is 0 Å². The molecular weight excluding hydrogens is 1200 g/mol. The first-order valence-electron chi connectivity index (χ1n) is 33.2. The number of thioether (sulfide) groups is 1. The minimum atomic E-state index is -2.20. The number of nitrogens with zero attached hydrogens (tertiary/aromatic N) is 3. The summed E-state index contributed by atoms with van der Waals surface area (Å²) in [4.78, 5) is 74.9. The van der Waals surface area contributed by atoms with Crippen LogP contribution < -0.4 is 5.32 Å². The maximum Gasteiger partial charge on any atom is 0.311 e. The smallest absolute Gasteiger partial charge is 0.311 e. The van der Waals surface area contributed by atoms with E-state index in [2.05, 4.69) is 5.32 Å². The van der Waals surface area contributed by atoms with Crippen molar-refractivity contribution in [3.8, 4) is 0 Å². The van der Waals surface area contributed by atoms with E-state index in [1.165, 1.54) is 45.2 Å². The molecule has 3 aliphatic heterocycles. The molecule has 7 N–H and O–H groups in total. The molecule has 0 aromatic carbocycles. The maximum absolute atomic E-state index is 18.2. The van der Waals surface area contributed by atoms with Crippen LogP contribution in [0.5, 0.6) is 0 Å². The molecule has 22 nitrogen and oxygen atoms in total. The van der Waals surface area contributed by atoms with Gasteiger partial charge in [-0.05, 0) is 158 Å². The third kappa shape index (κ3) is 14.5. The molecule has 26 atom stereocenters. The normalized spacial score (nSPS) is 46.0. The molecule has 24 heteroatoms. The molecule has 0 aromatic heterocycles. The number of ether oxygens (including phenoxy) is 7. The van der Waals surface area contributed by atoms with Crippen LogP contribution in [0.15, 0.2) is 23.8 Å². The highest BCUT2D eigenvalue weighted by Gasteiger charge is 2.77. The number of carbonyl (C=O) groups excluding carboxylic acids is 5. The van der Waals surface area contributed by atoms with E-state index in [1.807, 2.05) is 37.7 Å². The van der Waals surface area contributed by atoms with Crippen molar-refractivity contribution in [2.24, 2.45) is 46.3 Å². The number of esters is 2. The van der Waals surface area contributed by atoms with E-state index in [9.17, 15) is 54.6 Å². The summed E-state index contributed by atoms with van der Waals surface area (Å²) in [6.07, 6.45) is -6.11. The number of carbonyl (C=O) groups is 5. The monoisotopic (exact) mass is 1310 g/mol. The van der Waals surface area contributed by atoms with E-state index < -0.39 is 158 Å². The number of aliphatic hydroxyl groups is 6. The molecule has 3 saturated heterocycles. The zero-order valence-electron chi connectivity index (χ0n) is 57.3. The number of ketones is 1. The Morgan fingerprint density at radius 2 is 1.55 bits per heavy atom. The standard InChI is InChI=1S/C67H111FN4O18S/c1-19-49-65(13,83)54(77)41(7)72(35-36(2)32-63(11,82)56(89-58-52(76)47(70(14)15)30-38(4)85-58)39(5)53(40(6)57(79)87-49)88-51-34-64(12,84-18)55(78)42(8)86-51)28-20-26-69-27-24-50(75)90-67(59(80)91-60(81)71(16)17)37(3)29-46-45-22-21-43-31-44(73)23-25-61(43,9)66(45,68)48(74)33-62(46,67)10/h23,25,31,36-42,45-49,51-56,58,69,74,76-78,82-83H,19-22,24,26-30,32-35H2,1-18H3/t36-,37-,38-,39-,40-,41-,42+,45?,46?,47+,48+,49-,51?,52-,53+,54-,55+,56-,58?,61+,62+,63-,64-,65-,66+,67+/m1/s1. The molecule has 0 radical (unpaired) electrons. The molecular formula is C67H111FN4O18S. The van der Waals surface area contributed by atoms with Crippen LogP contribution in [-0.2, 0) is 52.3 Å². The molecule has 91 heavy (non-hydrogen) atoms. The van der Waals surface area contributed by atoms with Gasteiger partial charge in [0, 0.05) is 93.1 Å². The quantitative estimate of drug-likeness (QED) is 0.0743. The lowest BCUT2D eigenvalue weighted by Crippen LogP contribution is -2.69. The Balaban J connectivity index is 1.11. The summed E-state index contributed by atoms with van der Waals surface area (Å²) in [6, 6.07) is -1.14. The Morgan fingerprint density at radius 3 is 2.18 bits per heavy atom. The molecule has 4 unspecified atom stereocenters. The zero-order valence-corrected chi connectivity index (χ0v) is 58.1. The Kier molecular flexibility index (Phi) is 24.0. The van der Waals surface area contributed by atoms with Gasteiger partial charge >= 0.3 is 11.9 Å². The van der Waals surface area contributed by atoms with E-state index in [1.54, 1.807) is 75.3 Å². The van der Waals surface area contributed by atoms with Crippen LogP contribution in [0.2, 0.25) is 0 Å². The third-order valence-electron chi connectivity index (χ3n) is 22.6. The highest BCUT2D eigenvalue weighted by molar-refractivity contribution is 8.26. The van der Waals surface area contributed by atoms with Crippen molar-refractivity contribution in [2.75, 3.05) is 61.5 Å². The minimum absolute atomic E-state index is 0.0593. The van der Waals surface area contributed by atoms with Gasteiger partial charge in [-0.15, -0.1) is 0 Å². The third-order valence-corrected chi connectivity index (χ3v) is 23.7. The molecule has 4 aliphatic carbocycles. The van der Waals surface area contributed by atoms with E-state index in [4.69, 9.17) is 33.2 Å². The lowest BCUT2D eigenvalue weighted by Gasteiger charge is -2.62. The van der Waals surface area contributed by atoms with Gasteiger partial charge in [0.05, 0.1) is 54.1 Å². The van der Waals surface area contributed by atoms with Crippen LogP contribution in [0.3, 0.4) is 0 Å². The Morgan fingerprint density at radius 1 is 0.879 bits per heavy atom. The predicted molar refractivity (Wildman–Crippen MR) is 339 cm³/mol. The number of hydrogen-bond acceptors (Lipinski definition) is 22. The largest absolute Gasteiger partial charge is 0.459 e. The fraction of sp³-hybridized carbons (Fsp3) is 0.866. The first-order chi connectivity index (χ1) is 42.2. The second-order valence-electron chi connectivity index (χ2n) is 29.7. The molecule has 7 aliphatic rings. The number of fused-ring (bicyclic) bond motifs is 5. The topological polar surface area (TPSA) is 293 Å². The number of hydrogen-bond donors (Lipinski definition) is 7. The van der Waals surface area contributed by atoms with E-state index in [0.29, 0.717) is 56.1 Å². The van der Waals surface area contributed by atoms with Gasteiger partial charge in [-0.3, -0.25) is 28.9 Å². The Bertz CT molecular complexity index is 2650. The zero-order chi connectivity index (χ0) is 68.1. The van der Waals surface area contributed by atoms with Crippen molar-refractivity contribution < 1.29 is 92.2 Å². The highest BCUT2D eigenvalue weighted by Crippen LogP contribution is 2.72. The van der Waals surface area contributed by atoms with Crippen LogP contribution in [0.25, 0.3) is 0 Å². The van der Waals surface area contributed by atoms with Gasteiger partial charge < -0.3 is 78.9 Å². The minimum Gasteiger partial charge on any atom is -0.459 e. The van der Waals surface area contributed by atoms with Crippen molar-refractivity contribution in [1.29, 1.82) is 0 Å². The molecule has 520 valence electrons. The van der Waals surface area contributed by atoms with E-state index >= 15 is 4.39 Å². The maximum atomic E-state index is 18.2. The number of allylic oxidation sites excluding steroid dienone is 4.